The SMILES string of the molecule is CC(C)O/N=[C]/c1ccc(C2CCCCC2)cc1. The summed E-state index contributed by atoms with van der Waals surface area (Å²) in [5.41, 5.74) is 2.44. The molecule has 97 valence electrons. The lowest BCUT2D eigenvalue weighted by Crippen LogP contribution is -2.04. The fourth-order valence-electron chi connectivity index (χ4n) is 2.45. The molecule has 0 aliphatic heterocycles. The molecule has 1 aromatic rings. The second-order valence-electron chi connectivity index (χ2n) is 5.31. The van der Waals surface area contributed by atoms with Crippen LogP contribution in [-0.4, -0.2) is 12.3 Å². The van der Waals surface area contributed by atoms with Gasteiger partial charge in [0.1, 0.15) is 12.3 Å². The molecule has 0 spiro atoms. The molecule has 0 aromatic heterocycles. The van der Waals surface area contributed by atoms with E-state index >= 15 is 0 Å². The summed E-state index contributed by atoms with van der Waals surface area (Å²) >= 11 is 0. The van der Waals surface area contributed by atoms with E-state index in [1.807, 2.05) is 13.8 Å². The fraction of sp³-hybridized carbons (Fsp3) is 0.562. The summed E-state index contributed by atoms with van der Waals surface area (Å²) in [7, 11) is 0. The summed E-state index contributed by atoms with van der Waals surface area (Å²) in [5, 5.41) is 3.83. The van der Waals surface area contributed by atoms with Crippen LogP contribution in [0.2, 0.25) is 0 Å². The molecule has 0 atom stereocenters. The molecule has 0 heterocycles. The number of benzene rings is 1. The maximum atomic E-state index is 5.11. The van der Waals surface area contributed by atoms with Crippen LogP contribution in [0.15, 0.2) is 29.4 Å². The van der Waals surface area contributed by atoms with Crippen molar-refractivity contribution in [2.75, 3.05) is 0 Å². The molecule has 1 radical (unpaired) electrons. The van der Waals surface area contributed by atoms with Crippen molar-refractivity contribution in [1.82, 2.24) is 0 Å². The van der Waals surface area contributed by atoms with Crippen LogP contribution in [0.25, 0.3) is 0 Å². The van der Waals surface area contributed by atoms with Gasteiger partial charge in [-0.2, -0.15) is 0 Å². The monoisotopic (exact) mass is 244 g/mol. The molecule has 0 N–H and O–H groups in total. The predicted octanol–water partition coefficient (Wildman–Crippen LogP) is 4.37. The maximum Gasteiger partial charge on any atom is 0.139 e. The van der Waals surface area contributed by atoms with Crippen molar-refractivity contribution in [3.05, 3.63) is 35.4 Å². The van der Waals surface area contributed by atoms with Crippen LogP contribution in [0.4, 0.5) is 0 Å². The van der Waals surface area contributed by atoms with E-state index in [0.717, 1.165) is 11.5 Å². The first kappa shape index (κ1) is 13.1. The van der Waals surface area contributed by atoms with Gasteiger partial charge in [-0.05, 0) is 38.2 Å². The third-order valence-corrected chi connectivity index (χ3v) is 3.43. The highest BCUT2D eigenvalue weighted by Gasteiger charge is 2.14. The van der Waals surface area contributed by atoms with Crippen LogP contribution in [0.5, 0.6) is 0 Å². The minimum Gasteiger partial charge on any atom is -0.393 e. The van der Waals surface area contributed by atoms with Gasteiger partial charge in [-0.25, -0.2) is 0 Å². The molecule has 0 saturated heterocycles. The molecule has 2 rings (SSSR count). The third kappa shape index (κ3) is 3.86. The molecule has 1 aliphatic carbocycles. The van der Waals surface area contributed by atoms with Crippen molar-refractivity contribution in [3.63, 3.8) is 0 Å². The van der Waals surface area contributed by atoms with Crippen LogP contribution in [0, 0.1) is 0 Å². The average molecular weight is 244 g/mol. The number of hydrogen-bond acceptors (Lipinski definition) is 2. The first-order valence-electron chi connectivity index (χ1n) is 6.97. The lowest BCUT2D eigenvalue weighted by atomic mass is 9.84. The van der Waals surface area contributed by atoms with Gasteiger partial charge in [-0.1, -0.05) is 48.7 Å². The standard InChI is InChI=1S/C16H22NO/c1-13(2)18-17-12-14-8-10-16(11-9-14)15-6-4-3-5-7-15/h8-11,13,15H,3-7H2,1-2H3. The Hall–Kier alpha value is -1.31. The minimum atomic E-state index is 0.110. The van der Waals surface area contributed by atoms with Gasteiger partial charge in [0.15, 0.2) is 0 Å². The van der Waals surface area contributed by atoms with E-state index in [0.29, 0.717) is 0 Å². The van der Waals surface area contributed by atoms with Gasteiger partial charge in [0.05, 0.1) is 0 Å². The van der Waals surface area contributed by atoms with Crippen LogP contribution in [-0.2, 0) is 4.84 Å². The molecule has 0 amide bonds. The highest BCUT2D eigenvalue weighted by Crippen LogP contribution is 2.32. The van der Waals surface area contributed by atoms with E-state index < -0.39 is 0 Å². The lowest BCUT2D eigenvalue weighted by molar-refractivity contribution is 0.0874. The Kier molecular flexibility index (Phi) is 4.80. The van der Waals surface area contributed by atoms with Crippen molar-refractivity contribution in [3.8, 4) is 0 Å². The molecule has 1 aromatic carbocycles. The average Bonchev–Trinajstić information content (AvgIpc) is 2.40. The summed E-state index contributed by atoms with van der Waals surface area (Å²) in [6.07, 6.45) is 9.86. The largest absolute Gasteiger partial charge is 0.393 e. The minimum absolute atomic E-state index is 0.110. The lowest BCUT2D eigenvalue weighted by Gasteiger charge is -2.21. The third-order valence-electron chi connectivity index (χ3n) is 3.43. The Labute approximate surface area is 110 Å². The highest BCUT2D eigenvalue weighted by molar-refractivity contribution is 5.79. The maximum absolute atomic E-state index is 5.11. The number of hydrogen-bond donors (Lipinski definition) is 0. The molecule has 1 fully saturated rings. The topological polar surface area (TPSA) is 21.6 Å². The molecular weight excluding hydrogens is 222 g/mol. The van der Waals surface area contributed by atoms with Crippen molar-refractivity contribution in [2.24, 2.45) is 5.16 Å². The van der Waals surface area contributed by atoms with E-state index in [2.05, 4.69) is 35.6 Å². The normalized spacial score (nSPS) is 17.5. The molecule has 2 heteroatoms. The molecule has 0 bridgehead atoms. The van der Waals surface area contributed by atoms with Crippen molar-refractivity contribution < 1.29 is 4.84 Å². The van der Waals surface area contributed by atoms with Crippen LogP contribution in [0.3, 0.4) is 0 Å². The quantitative estimate of drug-likeness (QED) is 0.569. The van der Waals surface area contributed by atoms with Crippen molar-refractivity contribution in [2.45, 2.75) is 58.0 Å². The first-order valence-corrected chi connectivity index (χ1v) is 6.97. The Morgan fingerprint density at radius 2 is 1.78 bits per heavy atom. The van der Waals surface area contributed by atoms with Crippen molar-refractivity contribution in [1.29, 1.82) is 0 Å². The summed E-state index contributed by atoms with van der Waals surface area (Å²) < 4.78 is 0. The molecule has 1 aliphatic rings. The molecule has 1 saturated carbocycles. The fourth-order valence-corrected chi connectivity index (χ4v) is 2.45. The zero-order valence-electron chi connectivity index (χ0n) is 11.4. The Bertz CT molecular complexity index is 375. The van der Waals surface area contributed by atoms with Gasteiger partial charge in [-0.3, -0.25) is 0 Å². The summed E-state index contributed by atoms with van der Waals surface area (Å²) in [5.74, 6) is 0.761. The van der Waals surface area contributed by atoms with Gasteiger partial charge in [0, 0.05) is 5.56 Å². The van der Waals surface area contributed by atoms with Crippen LogP contribution in [0.1, 0.15) is 63.0 Å². The van der Waals surface area contributed by atoms with Gasteiger partial charge < -0.3 is 4.84 Å². The molecule has 2 nitrogen and oxygen atoms in total. The Morgan fingerprint density at radius 1 is 1.11 bits per heavy atom. The van der Waals surface area contributed by atoms with E-state index in [1.54, 1.807) is 0 Å². The summed E-state index contributed by atoms with van der Waals surface area (Å²) in [6.45, 7) is 3.91. The summed E-state index contributed by atoms with van der Waals surface area (Å²) in [4.78, 5) is 5.11. The van der Waals surface area contributed by atoms with Gasteiger partial charge in [-0.15, -0.1) is 0 Å². The highest BCUT2D eigenvalue weighted by atomic mass is 16.6. The van der Waals surface area contributed by atoms with Crippen LogP contribution >= 0.6 is 0 Å². The van der Waals surface area contributed by atoms with Crippen molar-refractivity contribution >= 4 is 6.21 Å². The number of rotatable bonds is 4. The van der Waals surface area contributed by atoms with E-state index in [-0.39, 0.29) is 6.10 Å². The second-order valence-corrected chi connectivity index (χ2v) is 5.31. The van der Waals surface area contributed by atoms with Gasteiger partial charge in [0.25, 0.3) is 0 Å². The van der Waals surface area contributed by atoms with Crippen LogP contribution < -0.4 is 0 Å². The smallest absolute Gasteiger partial charge is 0.139 e. The second kappa shape index (κ2) is 6.58. The van der Waals surface area contributed by atoms with Gasteiger partial charge >= 0.3 is 0 Å². The first-order chi connectivity index (χ1) is 8.75. The molecular formula is C16H22NO. The van der Waals surface area contributed by atoms with Gasteiger partial charge in [0.2, 0.25) is 0 Å². The number of nitrogens with zero attached hydrogens (tertiary/aromatic N) is 1. The zero-order chi connectivity index (χ0) is 12.8. The zero-order valence-corrected chi connectivity index (χ0v) is 11.4. The van der Waals surface area contributed by atoms with E-state index in [1.165, 1.54) is 37.7 Å². The Morgan fingerprint density at radius 3 is 2.39 bits per heavy atom. The Balaban J connectivity index is 1.94. The molecule has 0 unspecified atom stereocenters. The van der Waals surface area contributed by atoms with E-state index in [4.69, 9.17) is 4.84 Å². The molecule has 18 heavy (non-hydrogen) atoms. The predicted molar refractivity (Wildman–Crippen MR) is 75.0 cm³/mol. The van der Waals surface area contributed by atoms with E-state index in [9.17, 15) is 0 Å². The summed E-state index contributed by atoms with van der Waals surface area (Å²) in [6, 6.07) is 8.58.